The lowest BCUT2D eigenvalue weighted by Crippen LogP contribution is -1.97. The van der Waals surface area contributed by atoms with Gasteiger partial charge in [-0.05, 0) is 64.6 Å². The Kier molecular flexibility index (Phi) is 5.83. The Labute approximate surface area is 229 Å². The molecular formula is C38H29N. The van der Waals surface area contributed by atoms with Crippen LogP contribution in [-0.2, 0) is 6.54 Å². The van der Waals surface area contributed by atoms with Crippen LogP contribution in [-0.4, -0.2) is 4.57 Å². The van der Waals surface area contributed by atoms with Gasteiger partial charge in [-0.1, -0.05) is 121 Å². The molecule has 7 aromatic rings. The van der Waals surface area contributed by atoms with Crippen molar-refractivity contribution in [3.8, 4) is 44.5 Å². The molecule has 1 aromatic heterocycles. The second-order valence-corrected chi connectivity index (χ2v) is 10.0. The van der Waals surface area contributed by atoms with E-state index in [1.165, 1.54) is 66.3 Å². The summed E-state index contributed by atoms with van der Waals surface area (Å²) in [5, 5.41) is 2.59. The zero-order valence-corrected chi connectivity index (χ0v) is 22.0. The second-order valence-electron chi connectivity index (χ2n) is 10.0. The van der Waals surface area contributed by atoms with Crippen molar-refractivity contribution in [2.45, 2.75) is 13.5 Å². The first-order chi connectivity index (χ1) is 19.3. The van der Waals surface area contributed by atoms with Gasteiger partial charge in [0, 0.05) is 28.4 Å². The summed E-state index contributed by atoms with van der Waals surface area (Å²) in [7, 11) is 0. The molecule has 0 unspecified atom stereocenters. The zero-order valence-electron chi connectivity index (χ0n) is 22.0. The fraction of sp³-hybridized carbons (Fsp3) is 0.0526. The molecule has 1 heteroatoms. The molecule has 7 rings (SSSR count). The van der Waals surface area contributed by atoms with Gasteiger partial charge in [-0.2, -0.15) is 0 Å². The van der Waals surface area contributed by atoms with Gasteiger partial charge in [-0.3, -0.25) is 0 Å². The molecule has 0 saturated carbocycles. The average Bonchev–Trinajstić information content (AvgIpc) is 3.35. The summed E-state index contributed by atoms with van der Waals surface area (Å²) in [5.74, 6) is 0. The van der Waals surface area contributed by atoms with E-state index in [-0.39, 0.29) is 0 Å². The number of aryl methyl sites for hydroxylation is 1. The summed E-state index contributed by atoms with van der Waals surface area (Å²) >= 11 is 0. The highest BCUT2D eigenvalue weighted by Gasteiger charge is 2.20. The Balaban J connectivity index is 1.67. The molecule has 0 bridgehead atoms. The van der Waals surface area contributed by atoms with E-state index in [0.29, 0.717) is 0 Å². The molecule has 1 nitrogen and oxygen atoms in total. The van der Waals surface area contributed by atoms with Crippen molar-refractivity contribution in [1.82, 2.24) is 4.57 Å². The maximum atomic E-state index is 2.53. The second kappa shape index (κ2) is 9.78. The summed E-state index contributed by atoms with van der Waals surface area (Å²) in [4.78, 5) is 0. The summed E-state index contributed by atoms with van der Waals surface area (Å²) < 4.78 is 2.53. The number of fused-ring (bicyclic) bond motifs is 3. The predicted molar refractivity (Wildman–Crippen MR) is 167 cm³/mol. The number of nitrogens with zero attached hydrogens (tertiary/aromatic N) is 1. The molecule has 1 heterocycles. The minimum atomic E-state index is 0.884. The van der Waals surface area contributed by atoms with E-state index < -0.39 is 0 Å². The lowest BCUT2D eigenvalue weighted by molar-refractivity contribution is 0.828. The van der Waals surface area contributed by atoms with Crippen LogP contribution in [0.15, 0.2) is 146 Å². The number of rotatable bonds is 5. The SMILES string of the molecule is CCn1c2c(-c3ccccc3)cc(-c3ccccc3)cc2c2cc(-c3ccccc3)cc(-c3ccccc3)c21. The lowest BCUT2D eigenvalue weighted by Gasteiger charge is -2.14. The smallest absolute Gasteiger partial charge is 0.0571 e. The average molecular weight is 500 g/mol. The van der Waals surface area contributed by atoms with Gasteiger partial charge in [-0.25, -0.2) is 0 Å². The first kappa shape index (κ1) is 23.3. The van der Waals surface area contributed by atoms with E-state index >= 15 is 0 Å². The fourth-order valence-electron chi connectivity index (χ4n) is 5.96. The molecule has 0 aliphatic rings. The molecule has 0 fully saturated rings. The summed E-state index contributed by atoms with van der Waals surface area (Å²) in [5.41, 5.74) is 12.5. The van der Waals surface area contributed by atoms with Crippen LogP contribution in [0.4, 0.5) is 0 Å². The lowest BCUT2D eigenvalue weighted by atomic mass is 9.93. The van der Waals surface area contributed by atoms with Crippen LogP contribution < -0.4 is 0 Å². The molecule has 0 radical (unpaired) electrons. The minimum Gasteiger partial charge on any atom is -0.340 e. The molecule has 186 valence electrons. The van der Waals surface area contributed by atoms with Crippen molar-refractivity contribution >= 4 is 21.8 Å². The Bertz CT molecular complexity index is 1760. The maximum absolute atomic E-state index is 2.53. The van der Waals surface area contributed by atoms with Gasteiger partial charge < -0.3 is 4.57 Å². The van der Waals surface area contributed by atoms with Gasteiger partial charge in [0.2, 0.25) is 0 Å². The number of aromatic nitrogens is 1. The van der Waals surface area contributed by atoms with E-state index in [2.05, 4.69) is 157 Å². The Morgan fingerprint density at radius 1 is 0.385 bits per heavy atom. The third kappa shape index (κ3) is 4.04. The van der Waals surface area contributed by atoms with E-state index in [9.17, 15) is 0 Å². The predicted octanol–water partition coefficient (Wildman–Crippen LogP) is 10.5. The quantitative estimate of drug-likeness (QED) is 0.222. The third-order valence-electron chi connectivity index (χ3n) is 7.75. The molecule has 0 atom stereocenters. The van der Waals surface area contributed by atoms with Crippen molar-refractivity contribution in [3.63, 3.8) is 0 Å². The van der Waals surface area contributed by atoms with Crippen LogP contribution in [0.5, 0.6) is 0 Å². The summed E-state index contributed by atoms with van der Waals surface area (Å²) in [6.07, 6.45) is 0. The molecule has 0 saturated heterocycles. The van der Waals surface area contributed by atoms with Crippen LogP contribution in [0, 0.1) is 0 Å². The molecule has 0 aliphatic heterocycles. The van der Waals surface area contributed by atoms with Crippen LogP contribution in [0.3, 0.4) is 0 Å². The van der Waals surface area contributed by atoms with Gasteiger partial charge in [0.25, 0.3) is 0 Å². The van der Waals surface area contributed by atoms with Crippen molar-refractivity contribution in [2.75, 3.05) is 0 Å². The van der Waals surface area contributed by atoms with Crippen LogP contribution >= 0.6 is 0 Å². The van der Waals surface area contributed by atoms with E-state index in [4.69, 9.17) is 0 Å². The molecule has 6 aromatic carbocycles. The highest BCUT2D eigenvalue weighted by atomic mass is 15.0. The Hall–Kier alpha value is -4.88. The fourth-order valence-corrected chi connectivity index (χ4v) is 5.96. The van der Waals surface area contributed by atoms with Gasteiger partial charge in [0.05, 0.1) is 11.0 Å². The van der Waals surface area contributed by atoms with Crippen LogP contribution in [0.25, 0.3) is 66.3 Å². The number of hydrogen-bond donors (Lipinski definition) is 0. The van der Waals surface area contributed by atoms with Crippen molar-refractivity contribution in [2.24, 2.45) is 0 Å². The highest BCUT2D eigenvalue weighted by molar-refractivity contribution is 6.18. The van der Waals surface area contributed by atoms with Crippen molar-refractivity contribution < 1.29 is 0 Å². The Morgan fingerprint density at radius 2 is 0.718 bits per heavy atom. The maximum Gasteiger partial charge on any atom is 0.0571 e. The van der Waals surface area contributed by atoms with Gasteiger partial charge in [-0.15, -0.1) is 0 Å². The van der Waals surface area contributed by atoms with Crippen LogP contribution in [0.1, 0.15) is 6.92 Å². The number of benzene rings is 6. The molecular weight excluding hydrogens is 470 g/mol. The van der Waals surface area contributed by atoms with E-state index in [0.717, 1.165) is 6.54 Å². The summed E-state index contributed by atoms with van der Waals surface area (Å²) in [6, 6.07) is 52.7. The first-order valence-corrected chi connectivity index (χ1v) is 13.7. The third-order valence-corrected chi connectivity index (χ3v) is 7.75. The van der Waals surface area contributed by atoms with Gasteiger partial charge in [0.1, 0.15) is 0 Å². The minimum absolute atomic E-state index is 0.884. The summed E-state index contributed by atoms with van der Waals surface area (Å²) in [6.45, 7) is 3.15. The van der Waals surface area contributed by atoms with Gasteiger partial charge >= 0.3 is 0 Å². The monoisotopic (exact) mass is 499 g/mol. The molecule has 0 spiro atoms. The molecule has 0 N–H and O–H groups in total. The standard InChI is InChI=1S/C38H29N/c1-2-39-37-33(29-19-11-5-12-20-29)23-31(27-15-7-3-8-16-27)25-35(37)36-26-32(28-17-9-4-10-18-28)24-34(38(36)39)30-21-13-6-14-22-30/h3-26H,2H2,1H3. The largest absolute Gasteiger partial charge is 0.340 e. The molecule has 0 aliphatic carbocycles. The van der Waals surface area contributed by atoms with E-state index in [1.807, 2.05) is 0 Å². The molecule has 39 heavy (non-hydrogen) atoms. The first-order valence-electron chi connectivity index (χ1n) is 13.7. The normalized spacial score (nSPS) is 11.3. The van der Waals surface area contributed by atoms with Gasteiger partial charge in [0.15, 0.2) is 0 Å². The van der Waals surface area contributed by atoms with Crippen molar-refractivity contribution in [1.29, 1.82) is 0 Å². The molecule has 0 amide bonds. The Morgan fingerprint density at radius 3 is 1.05 bits per heavy atom. The van der Waals surface area contributed by atoms with E-state index in [1.54, 1.807) is 0 Å². The number of hydrogen-bond acceptors (Lipinski definition) is 0. The van der Waals surface area contributed by atoms with Crippen LogP contribution in [0.2, 0.25) is 0 Å². The zero-order chi connectivity index (χ0) is 26.2. The topological polar surface area (TPSA) is 4.93 Å². The highest BCUT2D eigenvalue weighted by Crippen LogP contribution is 2.44. The van der Waals surface area contributed by atoms with Crippen molar-refractivity contribution in [3.05, 3.63) is 146 Å².